The van der Waals surface area contributed by atoms with Crippen molar-refractivity contribution in [1.82, 2.24) is 0 Å². The van der Waals surface area contributed by atoms with Gasteiger partial charge in [0.05, 0.1) is 9.85 Å². The van der Waals surface area contributed by atoms with Crippen LogP contribution in [0.4, 0.5) is 11.4 Å². The third-order valence-corrected chi connectivity index (χ3v) is 2.95. The molecule has 0 N–H and O–H groups in total. The Bertz CT molecular complexity index is 759. The second kappa shape index (κ2) is 7.68. The van der Waals surface area contributed by atoms with Gasteiger partial charge < -0.3 is 9.47 Å². The van der Waals surface area contributed by atoms with Crippen molar-refractivity contribution in [3.63, 3.8) is 0 Å². The van der Waals surface area contributed by atoms with Crippen LogP contribution in [0.25, 0.3) is 0 Å². The summed E-state index contributed by atoms with van der Waals surface area (Å²) >= 11 is 0. The minimum Gasteiger partial charge on any atom is -0.475 e. The summed E-state index contributed by atoms with van der Waals surface area (Å²) in [7, 11) is 0. The number of ether oxygens (including phenoxy) is 2. The molecule has 0 heterocycles. The van der Waals surface area contributed by atoms with Crippen molar-refractivity contribution in [2.75, 3.05) is 6.61 Å². The van der Waals surface area contributed by atoms with Crippen molar-refractivity contribution in [1.29, 1.82) is 0 Å². The molecule has 0 saturated heterocycles. The van der Waals surface area contributed by atoms with Crippen LogP contribution in [-0.2, 0) is 16.1 Å². The summed E-state index contributed by atoms with van der Waals surface area (Å²) in [6.45, 7) is -0.574. The summed E-state index contributed by atoms with van der Waals surface area (Å²) in [5.41, 5.74) is 0.255. The molecular formula is C15H12N2O7. The highest BCUT2D eigenvalue weighted by Gasteiger charge is 2.15. The van der Waals surface area contributed by atoms with Gasteiger partial charge in [0, 0.05) is 18.2 Å². The van der Waals surface area contributed by atoms with Crippen molar-refractivity contribution in [2.45, 2.75) is 6.61 Å². The van der Waals surface area contributed by atoms with Crippen molar-refractivity contribution < 1.29 is 24.1 Å². The lowest BCUT2D eigenvalue weighted by Gasteiger charge is -2.07. The zero-order valence-corrected chi connectivity index (χ0v) is 12.3. The van der Waals surface area contributed by atoms with E-state index in [1.165, 1.54) is 42.5 Å². The number of nitrogens with zero attached hydrogens (tertiary/aromatic N) is 2. The van der Waals surface area contributed by atoms with Gasteiger partial charge in [0.25, 0.3) is 5.69 Å². The Labute approximate surface area is 135 Å². The number of hydrogen-bond donors (Lipinski definition) is 0. The Hall–Kier alpha value is -3.49. The van der Waals surface area contributed by atoms with E-state index in [0.717, 1.165) is 0 Å². The minimum atomic E-state index is -0.716. The number of benzene rings is 2. The summed E-state index contributed by atoms with van der Waals surface area (Å²) in [6, 6.07) is 11.2. The quantitative estimate of drug-likeness (QED) is 0.434. The molecule has 9 nitrogen and oxygen atoms in total. The second-order valence-corrected chi connectivity index (χ2v) is 4.60. The third-order valence-electron chi connectivity index (χ3n) is 2.95. The number of para-hydroxylation sites is 2. The highest BCUT2D eigenvalue weighted by Crippen LogP contribution is 2.25. The molecule has 0 bridgehead atoms. The summed E-state index contributed by atoms with van der Waals surface area (Å²) in [4.78, 5) is 31.8. The van der Waals surface area contributed by atoms with Gasteiger partial charge in [-0.1, -0.05) is 12.1 Å². The summed E-state index contributed by atoms with van der Waals surface area (Å²) in [5.74, 6) is -0.749. The van der Waals surface area contributed by atoms with E-state index < -0.39 is 22.4 Å². The van der Waals surface area contributed by atoms with E-state index >= 15 is 0 Å². The van der Waals surface area contributed by atoms with Gasteiger partial charge in [-0.25, -0.2) is 4.79 Å². The topological polar surface area (TPSA) is 122 Å². The largest absolute Gasteiger partial charge is 0.475 e. The molecule has 0 saturated carbocycles. The molecule has 0 atom stereocenters. The fraction of sp³-hybridized carbons (Fsp3) is 0.133. The first-order valence-corrected chi connectivity index (χ1v) is 6.72. The molecule has 0 aromatic heterocycles. The Balaban J connectivity index is 1.86. The molecule has 0 radical (unpaired) electrons. The third kappa shape index (κ3) is 4.50. The summed E-state index contributed by atoms with van der Waals surface area (Å²) in [6.07, 6.45) is 0. The predicted octanol–water partition coefficient (Wildman–Crippen LogP) is 2.63. The monoisotopic (exact) mass is 332 g/mol. The van der Waals surface area contributed by atoms with Crippen LogP contribution in [0.5, 0.6) is 5.75 Å². The average Bonchev–Trinajstić information content (AvgIpc) is 2.58. The molecule has 0 unspecified atom stereocenters. The highest BCUT2D eigenvalue weighted by atomic mass is 16.6. The van der Waals surface area contributed by atoms with Crippen LogP contribution in [0.3, 0.4) is 0 Å². The number of non-ortho nitro benzene ring substituents is 1. The van der Waals surface area contributed by atoms with Gasteiger partial charge in [-0.15, -0.1) is 0 Å². The van der Waals surface area contributed by atoms with Crippen molar-refractivity contribution >= 4 is 17.3 Å². The van der Waals surface area contributed by atoms with E-state index in [2.05, 4.69) is 0 Å². The molecule has 2 rings (SSSR count). The molecule has 0 fully saturated rings. The van der Waals surface area contributed by atoms with Crippen molar-refractivity contribution in [2.24, 2.45) is 0 Å². The molecule has 0 aliphatic carbocycles. The van der Waals surface area contributed by atoms with Gasteiger partial charge in [0.1, 0.15) is 6.61 Å². The number of esters is 1. The van der Waals surface area contributed by atoms with Gasteiger partial charge in [0.2, 0.25) is 0 Å². The molecular weight excluding hydrogens is 320 g/mol. The summed E-state index contributed by atoms with van der Waals surface area (Å²) < 4.78 is 10.0. The first-order valence-electron chi connectivity index (χ1n) is 6.72. The van der Waals surface area contributed by atoms with Crippen molar-refractivity contribution in [3.05, 3.63) is 74.3 Å². The first-order chi connectivity index (χ1) is 11.5. The van der Waals surface area contributed by atoms with Crippen LogP contribution < -0.4 is 4.74 Å². The van der Waals surface area contributed by atoms with E-state index in [-0.39, 0.29) is 23.7 Å². The minimum absolute atomic E-state index is 0.0326. The Kier molecular flexibility index (Phi) is 5.40. The fourth-order valence-corrected chi connectivity index (χ4v) is 1.79. The molecule has 0 aliphatic heterocycles. The van der Waals surface area contributed by atoms with E-state index in [1.807, 2.05) is 0 Å². The van der Waals surface area contributed by atoms with Crippen LogP contribution in [0.1, 0.15) is 5.56 Å². The summed E-state index contributed by atoms with van der Waals surface area (Å²) in [5, 5.41) is 21.3. The van der Waals surface area contributed by atoms with Crippen molar-refractivity contribution in [3.8, 4) is 5.75 Å². The Morgan fingerprint density at radius 2 is 1.62 bits per heavy atom. The molecule has 0 amide bonds. The standard InChI is InChI=1S/C15H12N2O7/c18-15(10-23-14-4-2-1-3-13(14)17(21)22)24-9-11-5-7-12(8-6-11)16(19)20/h1-8H,9-10H2. The smallest absolute Gasteiger partial charge is 0.344 e. The van der Waals surface area contributed by atoms with E-state index in [4.69, 9.17) is 9.47 Å². The molecule has 24 heavy (non-hydrogen) atoms. The van der Waals surface area contributed by atoms with E-state index in [1.54, 1.807) is 6.07 Å². The Morgan fingerprint density at radius 1 is 0.958 bits per heavy atom. The van der Waals surface area contributed by atoms with Crippen LogP contribution in [0.2, 0.25) is 0 Å². The maximum Gasteiger partial charge on any atom is 0.344 e. The lowest BCUT2D eigenvalue weighted by molar-refractivity contribution is -0.385. The molecule has 9 heteroatoms. The van der Waals surface area contributed by atoms with Gasteiger partial charge >= 0.3 is 11.7 Å². The maximum absolute atomic E-state index is 11.6. The lowest BCUT2D eigenvalue weighted by atomic mass is 10.2. The van der Waals surface area contributed by atoms with Crippen LogP contribution >= 0.6 is 0 Å². The molecule has 2 aromatic carbocycles. The lowest BCUT2D eigenvalue weighted by Crippen LogP contribution is -2.15. The van der Waals surface area contributed by atoms with Gasteiger partial charge in [0.15, 0.2) is 12.4 Å². The van der Waals surface area contributed by atoms with Crippen LogP contribution in [0, 0.1) is 20.2 Å². The zero-order chi connectivity index (χ0) is 17.5. The predicted molar refractivity (Wildman–Crippen MR) is 81.5 cm³/mol. The van der Waals surface area contributed by atoms with Gasteiger partial charge in [-0.2, -0.15) is 0 Å². The number of carbonyl (C=O) groups excluding carboxylic acids is 1. The van der Waals surface area contributed by atoms with Gasteiger partial charge in [-0.3, -0.25) is 20.2 Å². The number of nitro groups is 2. The molecule has 124 valence electrons. The van der Waals surface area contributed by atoms with Crippen LogP contribution in [-0.4, -0.2) is 22.4 Å². The number of hydrogen-bond acceptors (Lipinski definition) is 7. The molecule has 0 spiro atoms. The van der Waals surface area contributed by atoms with E-state index in [9.17, 15) is 25.0 Å². The number of carbonyl (C=O) groups is 1. The SMILES string of the molecule is O=C(COc1ccccc1[N+](=O)[O-])OCc1ccc([N+](=O)[O-])cc1. The van der Waals surface area contributed by atoms with E-state index in [0.29, 0.717) is 5.56 Å². The maximum atomic E-state index is 11.6. The normalized spacial score (nSPS) is 10.0. The average molecular weight is 332 g/mol. The first kappa shape index (κ1) is 16.9. The Morgan fingerprint density at radius 3 is 2.25 bits per heavy atom. The fourth-order valence-electron chi connectivity index (χ4n) is 1.79. The second-order valence-electron chi connectivity index (χ2n) is 4.60. The number of nitro benzene ring substituents is 2. The molecule has 0 aliphatic rings. The molecule has 2 aromatic rings. The highest BCUT2D eigenvalue weighted by molar-refractivity contribution is 5.71. The zero-order valence-electron chi connectivity index (χ0n) is 12.3. The van der Waals surface area contributed by atoms with Gasteiger partial charge in [-0.05, 0) is 23.8 Å². The number of rotatable bonds is 7. The van der Waals surface area contributed by atoms with Crippen LogP contribution in [0.15, 0.2) is 48.5 Å².